The van der Waals surface area contributed by atoms with Crippen LogP contribution in [0.15, 0.2) is 48.7 Å². The Morgan fingerprint density at radius 2 is 2.04 bits per heavy atom. The van der Waals surface area contributed by atoms with Crippen molar-refractivity contribution in [3.63, 3.8) is 0 Å². The molecule has 0 bridgehead atoms. The van der Waals surface area contributed by atoms with Crippen LogP contribution in [0, 0.1) is 0 Å². The number of nitrogens with one attached hydrogen (secondary N) is 1. The van der Waals surface area contributed by atoms with Crippen LogP contribution in [0.5, 0.6) is 11.5 Å². The quantitative estimate of drug-likeness (QED) is 0.587. The van der Waals surface area contributed by atoms with E-state index < -0.39 is 6.04 Å². The number of phenolic OH excluding ortho intramolecular Hbond substituents is 1. The molecule has 0 radical (unpaired) electrons. The minimum atomic E-state index is -0.621. The van der Waals surface area contributed by atoms with Gasteiger partial charge in [-0.1, -0.05) is 43.1 Å². The van der Waals surface area contributed by atoms with Crippen molar-refractivity contribution in [1.82, 2.24) is 10.3 Å². The maximum Gasteiger partial charge on any atom is 0.220 e. The average Bonchev–Trinajstić information content (AvgIpc) is 2.73. The van der Waals surface area contributed by atoms with E-state index in [1.165, 1.54) is 0 Å². The summed E-state index contributed by atoms with van der Waals surface area (Å²) in [5.41, 5.74) is 1.61. The second-order valence-corrected chi connectivity index (χ2v) is 6.95. The van der Waals surface area contributed by atoms with E-state index in [0.29, 0.717) is 33.7 Å². The second-order valence-electron chi connectivity index (χ2n) is 6.54. The lowest BCUT2D eigenvalue weighted by Crippen LogP contribution is -2.29. The van der Waals surface area contributed by atoms with E-state index in [2.05, 4.69) is 10.3 Å². The highest BCUT2D eigenvalue weighted by Crippen LogP contribution is 2.40. The number of benzene rings is 2. The Labute approximate surface area is 169 Å². The van der Waals surface area contributed by atoms with E-state index in [-0.39, 0.29) is 11.7 Å². The zero-order valence-electron chi connectivity index (χ0n) is 15.9. The number of carbonyl (C=O) groups is 1. The van der Waals surface area contributed by atoms with Crippen LogP contribution in [-0.2, 0) is 4.79 Å². The highest BCUT2D eigenvalue weighted by atomic mass is 35.5. The molecule has 28 heavy (non-hydrogen) atoms. The zero-order valence-corrected chi connectivity index (χ0v) is 16.7. The summed E-state index contributed by atoms with van der Waals surface area (Å²) in [4.78, 5) is 16.8. The highest BCUT2D eigenvalue weighted by Gasteiger charge is 2.25. The summed E-state index contributed by atoms with van der Waals surface area (Å²) in [6, 6.07) is 12.0. The number of carbonyl (C=O) groups excluding carboxylic acids is 1. The molecule has 1 atom stereocenters. The van der Waals surface area contributed by atoms with Gasteiger partial charge >= 0.3 is 0 Å². The van der Waals surface area contributed by atoms with Crippen LogP contribution >= 0.6 is 11.6 Å². The van der Waals surface area contributed by atoms with E-state index in [0.717, 1.165) is 18.4 Å². The number of methoxy groups -OCH3 is 1. The number of fused-ring (bicyclic) bond motifs is 1. The first-order chi connectivity index (χ1) is 13.6. The first-order valence-electron chi connectivity index (χ1n) is 9.25. The number of unbranched alkanes of at least 4 members (excludes halogenated alkanes) is 1. The monoisotopic (exact) mass is 398 g/mol. The predicted molar refractivity (Wildman–Crippen MR) is 111 cm³/mol. The van der Waals surface area contributed by atoms with Gasteiger partial charge in [-0.3, -0.25) is 9.78 Å². The molecule has 0 aliphatic heterocycles. The van der Waals surface area contributed by atoms with Crippen molar-refractivity contribution >= 4 is 28.4 Å². The Balaban J connectivity index is 2.15. The van der Waals surface area contributed by atoms with Crippen LogP contribution in [0.3, 0.4) is 0 Å². The Bertz CT molecular complexity index is 991. The summed E-state index contributed by atoms with van der Waals surface area (Å²) < 4.78 is 5.49. The third-order valence-electron chi connectivity index (χ3n) is 4.67. The van der Waals surface area contributed by atoms with E-state index >= 15 is 0 Å². The molecule has 146 valence electrons. The lowest BCUT2D eigenvalue weighted by Gasteiger charge is -2.23. The van der Waals surface area contributed by atoms with Crippen molar-refractivity contribution in [2.45, 2.75) is 32.2 Å². The van der Waals surface area contributed by atoms with Crippen molar-refractivity contribution < 1.29 is 14.6 Å². The minimum Gasteiger partial charge on any atom is -0.505 e. The van der Waals surface area contributed by atoms with Gasteiger partial charge in [-0.15, -0.1) is 0 Å². The molecule has 0 aliphatic carbocycles. The van der Waals surface area contributed by atoms with Crippen LogP contribution in [0.4, 0.5) is 0 Å². The molecule has 0 spiro atoms. The number of aromatic hydroxyl groups is 1. The first kappa shape index (κ1) is 20.0. The Hall–Kier alpha value is -2.79. The lowest BCUT2D eigenvalue weighted by atomic mass is 9.95. The van der Waals surface area contributed by atoms with Crippen molar-refractivity contribution in [2.75, 3.05) is 7.11 Å². The van der Waals surface area contributed by atoms with Gasteiger partial charge in [0.1, 0.15) is 17.0 Å². The van der Waals surface area contributed by atoms with E-state index in [4.69, 9.17) is 16.3 Å². The van der Waals surface area contributed by atoms with Crippen LogP contribution in [-0.4, -0.2) is 23.1 Å². The molecule has 1 heterocycles. The predicted octanol–water partition coefficient (Wildman–Crippen LogP) is 5.00. The standard InChI is InChI=1S/C22H23ClN2O3/c1-3-4-11-19(26)25-20(15-8-5-6-10-18(15)28-2)16-13-17(23)14-9-7-12-24-21(14)22(16)27/h5-10,12-13,20,27H,3-4,11H2,1-2H3,(H,25,26)/t20-/m0/s1. The SMILES string of the molecule is CCCCC(=O)N[C@@H](c1ccccc1OC)c1cc(Cl)c2cccnc2c1O. The van der Waals surface area contributed by atoms with E-state index in [1.54, 1.807) is 31.5 Å². The molecule has 2 aromatic carbocycles. The van der Waals surface area contributed by atoms with Crippen LogP contribution in [0.25, 0.3) is 10.9 Å². The number of nitrogens with zero attached hydrogens (tertiary/aromatic N) is 1. The summed E-state index contributed by atoms with van der Waals surface area (Å²) in [5, 5.41) is 15.1. The van der Waals surface area contributed by atoms with Crippen LogP contribution < -0.4 is 10.1 Å². The van der Waals surface area contributed by atoms with Crippen LogP contribution in [0.2, 0.25) is 5.02 Å². The van der Waals surface area contributed by atoms with Crippen molar-refractivity contribution in [3.05, 3.63) is 64.8 Å². The summed E-state index contributed by atoms with van der Waals surface area (Å²) in [7, 11) is 1.57. The second kappa shape index (κ2) is 8.93. The highest BCUT2D eigenvalue weighted by molar-refractivity contribution is 6.35. The van der Waals surface area contributed by atoms with Crippen LogP contribution in [0.1, 0.15) is 43.4 Å². The van der Waals surface area contributed by atoms with E-state index in [1.807, 2.05) is 31.2 Å². The molecular weight excluding hydrogens is 376 g/mol. The third kappa shape index (κ3) is 4.04. The molecule has 3 aromatic rings. The average molecular weight is 399 g/mol. The van der Waals surface area contributed by atoms with Gasteiger partial charge in [0, 0.05) is 29.1 Å². The number of hydrogen-bond acceptors (Lipinski definition) is 4. The first-order valence-corrected chi connectivity index (χ1v) is 9.63. The topological polar surface area (TPSA) is 71.5 Å². The number of ether oxygens (including phenoxy) is 1. The van der Waals surface area contributed by atoms with Gasteiger partial charge in [-0.25, -0.2) is 0 Å². The lowest BCUT2D eigenvalue weighted by molar-refractivity contribution is -0.121. The fourth-order valence-electron chi connectivity index (χ4n) is 3.22. The fraction of sp³-hybridized carbons (Fsp3) is 0.273. The smallest absolute Gasteiger partial charge is 0.220 e. The molecule has 6 heteroatoms. The maximum atomic E-state index is 12.5. The van der Waals surface area contributed by atoms with Gasteiger partial charge < -0.3 is 15.2 Å². The number of hydrogen-bond donors (Lipinski definition) is 2. The van der Waals surface area contributed by atoms with Crippen molar-refractivity contribution in [2.24, 2.45) is 0 Å². The molecule has 0 saturated carbocycles. The third-order valence-corrected chi connectivity index (χ3v) is 4.98. The number of rotatable bonds is 7. The molecule has 5 nitrogen and oxygen atoms in total. The summed E-state index contributed by atoms with van der Waals surface area (Å²) >= 11 is 6.46. The van der Waals surface area contributed by atoms with Gasteiger partial charge in [0.05, 0.1) is 18.2 Å². The Morgan fingerprint density at radius 1 is 1.25 bits per heavy atom. The molecule has 0 fully saturated rings. The number of pyridine rings is 1. The normalized spacial score (nSPS) is 12.0. The molecule has 0 aliphatic rings. The molecule has 1 aromatic heterocycles. The molecular formula is C22H23ClN2O3. The van der Waals surface area contributed by atoms with Gasteiger partial charge in [-0.2, -0.15) is 0 Å². The number of halogens is 1. The largest absolute Gasteiger partial charge is 0.505 e. The molecule has 2 N–H and O–H groups in total. The summed E-state index contributed by atoms with van der Waals surface area (Å²) in [5.74, 6) is 0.501. The molecule has 0 saturated heterocycles. The van der Waals surface area contributed by atoms with Crippen molar-refractivity contribution in [3.8, 4) is 11.5 Å². The van der Waals surface area contributed by atoms with Gasteiger partial charge in [0.25, 0.3) is 0 Å². The zero-order chi connectivity index (χ0) is 20.1. The molecule has 0 unspecified atom stereocenters. The number of aromatic nitrogens is 1. The Morgan fingerprint density at radius 3 is 2.79 bits per heavy atom. The summed E-state index contributed by atoms with van der Waals surface area (Å²) in [6.45, 7) is 2.03. The van der Waals surface area contributed by atoms with E-state index in [9.17, 15) is 9.90 Å². The van der Waals surface area contributed by atoms with Gasteiger partial charge in [-0.05, 0) is 30.7 Å². The fourth-order valence-corrected chi connectivity index (χ4v) is 3.49. The summed E-state index contributed by atoms with van der Waals surface area (Å²) in [6.07, 6.45) is 3.71. The number of amides is 1. The number of para-hydroxylation sites is 1. The number of phenols is 1. The van der Waals surface area contributed by atoms with Gasteiger partial charge in [0.15, 0.2) is 0 Å². The Kier molecular flexibility index (Phi) is 6.37. The van der Waals surface area contributed by atoms with Gasteiger partial charge in [0.2, 0.25) is 5.91 Å². The van der Waals surface area contributed by atoms with Crippen molar-refractivity contribution in [1.29, 1.82) is 0 Å². The molecule has 1 amide bonds. The molecule has 3 rings (SSSR count). The maximum absolute atomic E-state index is 12.5. The minimum absolute atomic E-state index is 0.00769.